The van der Waals surface area contributed by atoms with Crippen molar-refractivity contribution >= 4 is 65.7 Å². The lowest BCUT2D eigenvalue weighted by Gasteiger charge is -2.29. The molecule has 0 aliphatic rings. The fourth-order valence-electron chi connectivity index (χ4n) is 6.68. The number of rotatable bonds is 5. The number of anilines is 3. The van der Waals surface area contributed by atoms with Crippen molar-refractivity contribution < 1.29 is 0 Å². The fraction of sp³-hybridized carbons (Fsp3) is 0.0476. The second-order valence-corrected chi connectivity index (χ2v) is 11.6. The van der Waals surface area contributed by atoms with E-state index in [1.54, 1.807) is 0 Å². The first-order valence-corrected chi connectivity index (χ1v) is 14.9. The van der Waals surface area contributed by atoms with Gasteiger partial charge < -0.3 is 4.90 Å². The molecule has 0 saturated heterocycles. The Kier molecular flexibility index (Phi) is 5.80. The molecule has 0 amide bonds. The lowest BCUT2D eigenvalue weighted by atomic mass is 9.88. The topological polar surface area (TPSA) is 3.24 Å². The van der Waals surface area contributed by atoms with E-state index in [4.69, 9.17) is 0 Å². The molecule has 0 heterocycles. The second-order valence-electron chi connectivity index (χ2n) is 11.6. The summed E-state index contributed by atoms with van der Waals surface area (Å²) in [5.41, 5.74) is 9.22. The Morgan fingerprint density at radius 3 is 1.51 bits per heavy atom. The summed E-state index contributed by atoms with van der Waals surface area (Å²) in [7, 11) is 0. The van der Waals surface area contributed by atoms with Crippen LogP contribution in [0.2, 0.25) is 0 Å². The van der Waals surface area contributed by atoms with E-state index in [9.17, 15) is 0 Å². The minimum absolute atomic E-state index is 1.03. The van der Waals surface area contributed by atoms with Gasteiger partial charge in [-0.15, -0.1) is 0 Å². The third-order valence-corrected chi connectivity index (χ3v) is 8.89. The molecular weight excluding hydrogens is 518 g/mol. The van der Waals surface area contributed by atoms with E-state index in [1.807, 2.05) is 0 Å². The van der Waals surface area contributed by atoms with Gasteiger partial charge in [-0.25, -0.2) is 0 Å². The van der Waals surface area contributed by atoms with Crippen LogP contribution in [0, 0.1) is 13.8 Å². The van der Waals surface area contributed by atoms with Crippen LogP contribution in [-0.2, 0) is 0 Å². The maximum Gasteiger partial charge on any atom is 0.0546 e. The van der Waals surface area contributed by atoms with Crippen LogP contribution in [0.1, 0.15) is 22.3 Å². The largest absolute Gasteiger partial charge is 0.310 e. The van der Waals surface area contributed by atoms with Crippen LogP contribution in [0.25, 0.3) is 48.7 Å². The van der Waals surface area contributed by atoms with Gasteiger partial charge >= 0.3 is 0 Å². The summed E-state index contributed by atoms with van der Waals surface area (Å²) in [5.74, 6) is 0. The Bertz CT molecular complexity index is 2280. The minimum Gasteiger partial charge on any atom is -0.310 e. The van der Waals surface area contributed by atoms with Gasteiger partial charge in [0.05, 0.1) is 5.69 Å². The lowest BCUT2D eigenvalue weighted by molar-refractivity contribution is 1.29. The molecule has 0 aromatic heterocycles. The van der Waals surface area contributed by atoms with E-state index in [2.05, 4.69) is 165 Å². The highest BCUT2D eigenvalue weighted by Gasteiger charge is 2.21. The highest BCUT2D eigenvalue weighted by atomic mass is 15.1. The van der Waals surface area contributed by atoms with Crippen LogP contribution >= 0.6 is 0 Å². The van der Waals surface area contributed by atoms with Crippen molar-refractivity contribution in [3.63, 3.8) is 0 Å². The molecule has 0 bridgehead atoms. The molecule has 1 heteroatoms. The molecule has 0 saturated carbocycles. The first-order chi connectivity index (χ1) is 21.1. The highest BCUT2D eigenvalue weighted by molar-refractivity contribution is 6.35. The van der Waals surface area contributed by atoms with Crippen LogP contribution < -0.4 is 4.90 Å². The number of benzene rings is 8. The van der Waals surface area contributed by atoms with Gasteiger partial charge in [-0.2, -0.15) is 0 Å². The number of nitrogens with zero attached hydrogens (tertiary/aromatic N) is 1. The van der Waals surface area contributed by atoms with Gasteiger partial charge in [-0.1, -0.05) is 127 Å². The molecular formula is C42H31N. The van der Waals surface area contributed by atoms with Gasteiger partial charge in [0, 0.05) is 16.8 Å². The first-order valence-electron chi connectivity index (χ1n) is 14.9. The molecule has 204 valence electrons. The van der Waals surface area contributed by atoms with Crippen LogP contribution in [-0.4, -0.2) is 0 Å². The summed E-state index contributed by atoms with van der Waals surface area (Å²) in [6, 6.07) is 51.0. The minimum atomic E-state index is 1.03. The van der Waals surface area contributed by atoms with Gasteiger partial charge in [0.25, 0.3) is 0 Å². The van der Waals surface area contributed by atoms with Crippen molar-refractivity contribution in [3.05, 3.63) is 168 Å². The second kappa shape index (κ2) is 9.86. The van der Waals surface area contributed by atoms with E-state index in [0.717, 1.165) is 28.1 Å². The van der Waals surface area contributed by atoms with E-state index >= 15 is 0 Å². The van der Waals surface area contributed by atoms with Gasteiger partial charge in [-0.3, -0.25) is 0 Å². The molecule has 8 aromatic carbocycles. The summed E-state index contributed by atoms with van der Waals surface area (Å²) in [4.78, 5) is 2.41. The van der Waals surface area contributed by atoms with Crippen LogP contribution in [0.4, 0.5) is 17.1 Å². The number of fused-ring (bicyclic) bond motifs is 2. The predicted octanol–water partition coefficient (Wildman–Crippen LogP) is 11.9. The molecule has 1 nitrogen and oxygen atoms in total. The maximum atomic E-state index is 4.43. The zero-order valence-electron chi connectivity index (χ0n) is 24.4. The van der Waals surface area contributed by atoms with Crippen LogP contribution in [0.3, 0.4) is 0 Å². The Hall–Kier alpha value is -5.40. The monoisotopic (exact) mass is 549 g/mol. The van der Waals surface area contributed by atoms with Crippen molar-refractivity contribution in [2.75, 3.05) is 4.90 Å². The van der Waals surface area contributed by atoms with Crippen molar-refractivity contribution in [2.24, 2.45) is 0 Å². The summed E-state index contributed by atoms with van der Waals surface area (Å²) < 4.78 is 0. The molecule has 0 N–H and O–H groups in total. The SMILES string of the molecule is C=C(c1ccc(C)cc1)c1ccc(N(c2ccc(C)cc2)c2ccc3cccc4c5cccc6cccc(c2c34)c65)cc1. The summed E-state index contributed by atoms with van der Waals surface area (Å²) >= 11 is 0. The first kappa shape index (κ1) is 25.3. The predicted molar refractivity (Wildman–Crippen MR) is 186 cm³/mol. The molecule has 8 aromatic rings. The summed E-state index contributed by atoms with van der Waals surface area (Å²) in [5, 5.41) is 10.3. The molecule has 0 spiro atoms. The molecule has 43 heavy (non-hydrogen) atoms. The number of hydrogen-bond acceptors (Lipinski definition) is 1. The molecule has 0 radical (unpaired) electrons. The smallest absolute Gasteiger partial charge is 0.0546 e. The van der Waals surface area contributed by atoms with Crippen molar-refractivity contribution in [2.45, 2.75) is 13.8 Å². The van der Waals surface area contributed by atoms with Gasteiger partial charge in [0.1, 0.15) is 0 Å². The molecule has 0 unspecified atom stereocenters. The van der Waals surface area contributed by atoms with Gasteiger partial charge in [0.15, 0.2) is 0 Å². The quantitative estimate of drug-likeness (QED) is 0.152. The Morgan fingerprint density at radius 1 is 0.442 bits per heavy atom. The van der Waals surface area contributed by atoms with Crippen molar-refractivity contribution in [1.29, 1.82) is 0 Å². The lowest BCUT2D eigenvalue weighted by Crippen LogP contribution is -2.11. The standard InChI is InChI=1S/C42H31N/c1-27-13-17-30(18-14-27)29(3)31-19-24-35(25-20-31)43(34-22-15-28(2)16-23-34)39-26-21-33-9-5-11-37-36-10-4-7-32-8-6-12-38(40(32)36)42(39)41(33)37/h4-26H,3H2,1-2H3. The zero-order valence-corrected chi connectivity index (χ0v) is 24.4. The van der Waals surface area contributed by atoms with Gasteiger partial charge in [-0.05, 0) is 98.6 Å². The van der Waals surface area contributed by atoms with E-state index in [0.29, 0.717) is 0 Å². The van der Waals surface area contributed by atoms with Crippen LogP contribution in [0.15, 0.2) is 146 Å². The summed E-state index contributed by atoms with van der Waals surface area (Å²) in [6.45, 7) is 8.69. The number of hydrogen-bond donors (Lipinski definition) is 0. The van der Waals surface area contributed by atoms with Crippen molar-refractivity contribution in [1.82, 2.24) is 0 Å². The third-order valence-electron chi connectivity index (χ3n) is 8.89. The average Bonchev–Trinajstić information content (AvgIpc) is 3.05. The molecule has 0 aliphatic carbocycles. The zero-order chi connectivity index (χ0) is 29.1. The average molecular weight is 550 g/mol. The third kappa shape index (κ3) is 4.08. The Morgan fingerprint density at radius 2 is 0.907 bits per heavy atom. The van der Waals surface area contributed by atoms with Crippen molar-refractivity contribution in [3.8, 4) is 0 Å². The van der Waals surface area contributed by atoms with Gasteiger partial charge in [0.2, 0.25) is 0 Å². The Balaban J connectivity index is 1.39. The number of aryl methyl sites for hydroxylation is 2. The molecule has 8 rings (SSSR count). The van der Waals surface area contributed by atoms with Crippen LogP contribution in [0.5, 0.6) is 0 Å². The highest BCUT2D eigenvalue weighted by Crippen LogP contribution is 2.47. The molecule has 0 aliphatic heterocycles. The Labute approximate surface area is 252 Å². The molecule has 0 atom stereocenters. The van der Waals surface area contributed by atoms with E-state index in [-0.39, 0.29) is 0 Å². The van der Waals surface area contributed by atoms with E-state index < -0.39 is 0 Å². The normalized spacial score (nSPS) is 11.6. The molecule has 0 fully saturated rings. The van der Waals surface area contributed by atoms with E-state index in [1.165, 1.54) is 59.9 Å². The maximum absolute atomic E-state index is 4.43. The fourth-order valence-corrected chi connectivity index (χ4v) is 6.68. The summed E-state index contributed by atoms with van der Waals surface area (Å²) in [6.07, 6.45) is 0.